The van der Waals surface area contributed by atoms with E-state index in [0.29, 0.717) is 5.76 Å². The zero-order chi connectivity index (χ0) is 10.4. The molecule has 0 aromatic heterocycles. The summed E-state index contributed by atoms with van der Waals surface area (Å²) in [5.74, 6) is 0.529. The van der Waals surface area contributed by atoms with E-state index in [-0.39, 0.29) is 11.9 Å². The molecular formula is C12H18O2. The summed E-state index contributed by atoms with van der Waals surface area (Å²) in [6.45, 7) is 4.09. The lowest BCUT2D eigenvalue weighted by atomic mass is 10.1. The van der Waals surface area contributed by atoms with Crippen LogP contribution >= 0.6 is 0 Å². The number of carbonyl (C=O) groups is 1. The quantitative estimate of drug-likeness (QED) is 0.643. The lowest BCUT2D eigenvalue weighted by Gasteiger charge is -2.19. The third-order valence-electron chi connectivity index (χ3n) is 2.20. The van der Waals surface area contributed by atoms with Crippen molar-refractivity contribution in [2.75, 3.05) is 0 Å². The van der Waals surface area contributed by atoms with Crippen molar-refractivity contribution in [1.29, 1.82) is 0 Å². The third kappa shape index (κ3) is 3.36. The van der Waals surface area contributed by atoms with Gasteiger partial charge in [0.25, 0.3) is 0 Å². The summed E-state index contributed by atoms with van der Waals surface area (Å²) in [4.78, 5) is 11.5. The second-order valence-electron chi connectivity index (χ2n) is 3.63. The second kappa shape index (κ2) is 5.63. The summed E-state index contributed by atoms with van der Waals surface area (Å²) in [5, 5.41) is 0. The number of rotatable bonds is 4. The molecule has 0 spiro atoms. The van der Waals surface area contributed by atoms with E-state index < -0.39 is 0 Å². The average Bonchev–Trinajstić information content (AvgIpc) is 2.18. The van der Waals surface area contributed by atoms with Gasteiger partial charge in [0.1, 0.15) is 0 Å². The molecule has 0 saturated heterocycles. The Morgan fingerprint density at radius 3 is 3.14 bits per heavy atom. The minimum atomic E-state index is 0.00463. The monoisotopic (exact) mass is 194 g/mol. The molecule has 0 N–H and O–H groups in total. The van der Waals surface area contributed by atoms with Crippen LogP contribution in [0, 0.1) is 0 Å². The summed E-state index contributed by atoms with van der Waals surface area (Å²) in [6.07, 6.45) is 9.57. The average molecular weight is 194 g/mol. The highest BCUT2D eigenvalue weighted by molar-refractivity contribution is 6.02. The lowest BCUT2D eigenvalue weighted by molar-refractivity contribution is -0.115. The first-order valence-electron chi connectivity index (χ1n) is 5.31. The van der Waals surface area contributed by atoms with E-state index in [1.54, 1.807) is 6.08 Å². The molecule has 1 heterocycles. The van der Waals surface area contributed by atoms with Crippen molar-refractivity contribution in [3.05, 3.63) is 24.0 Å². The first kappa shape index (κ1) is 11.0. The predicted octanol–water partition coefficient (Wildman–Crippen LogP) is 2.99. The largest absolute Gasteiger partial charge is 0.487 e. The molecule has 2 heteroatoms. The van der Waals surface area contributed by atoms with Gasteiger partial charge >= 0.3 is 0 Å². The molecule has 0 saturated carbocycles. The zero-order valence-electron chi connectivity index (χ0n) is 8.95. The minimum Gasteiger partial charge on any atom is -0.487 e. The van der Waals surface area contributed by atoms with E-state index in [1.807, 2.05) is 19.1 Å². The molecule has 2 nitrogen and oxygen atoms in total. The van der Waals surface area contributed by atoms with Gasteiger partial charge < -0.3 is 4.74 Å². The van der Waals surface area contributed by atoms with Crippen LogP contribution in [0.25, 0.3) is 0 Å². The van der Waals surface area contributed by atoms with E-state index in [2.05, 4.69) is 6.92 Å². The highest BCUT2D eigenvalue weighted by Gasteiger charge is 2.15. The smallest absolute Gasteiger partial charge is 0.219 e. The van der Waals surface area contributed by atoms with Crippen molar-refractivity contribution >= 4 is 5.78 Å². The molecule has 0 amide bonds. The van der Waals surface area contributed by atoms with Crippen molar-refractivity contribution in [2.45, 2.75) is 45.6 Å². The lowest BCUT2D eigenvalue weighted by Crippen LogP contribution is -2.16. The van der Waals surface area contributed by atoms with Crippen LogP contribution < -0.4 is 0 Å². The van der Waals surface area contributed by atoms with Crippen molar-refractivity contribution in [2.24, 2.45) is 0 Å². The third-order valence-corrected chi connectivity index (χ3v) is 2.20. The SMILES string of the molecule is CCC/C=C/C(=O)C1=CCCC(C)O1. The Balaban J connectivity index is 2.48. The molecule has 1 unspecified atom stereocenters. The predicted molar refractivity (Wildman–Crippen MR) is 56.9 cm³/mol. The molecule has 0 aromatic rings. The molecule has 0 radical (unpaired) electrons. The number of carbonyl (C=O) groups excluding carboxylic acids is 1. The highest BCUT2D eigenvalue weighted by Crippen LogP contribution is 2.17. The molecule has 0 aromatic carbocycles. The fourth-order valence-corrected chi connectivity index (χ4v) is 1.37. The molecule has 1 rings (SSSR count). The summed E-state index contributed by atoms with van der Waals surface area (Å²) < 4.78 is 5.44. The molecule has 1 atom stereocenters. The van der Waals surface area contributed by atoms with Gasteiger partial charge in [-0.2, -0.15) is 0 Å². The number of allylic oxidation sites excluding steroid dienone is 3. The van der Waals surface area contributed by atoms with Gasteiger partial charge in [0.05, 0.1) is 6.10 Å². The Morgan fingerprint density at radius 1 is 1.71 bits per heavy atom. The maximum atomic E-state index is 11.5. The Labute approximate surface area is 85.6 Å². The van der Waals surface area contributed by atoms with Crippen LogP contribution in [-0.4, -0.2) is 11.9 Å². The molecule has 1 aliphatic heterocycles. The molecule has 78 valence electrons. The molecule has 0 aliphatic carbocycles. The van der Waals surface area contributed by atoms with E-state index in [9.17, 15) is 4.79 Å². The van der Waals surface area contributed by atoms with Gasteiger partial charge in [0, 0.05) is 0 Å². The Morgan fingerprint density at radius 2 is 2.50 bits per heavy atom. The van der Waals surface area contributed by atoms with Gasteiger partial charge in [-0.1, -0.05) is 19.4 Å². The molecule has 0 bridgehead atoms. The number of hydrogen-bond donors (Lipinski definition) is 0. The van der Waals surface area contributed by atoms with Crippen LogP contribution in [-0.2, 0) is 9.53 Å². The Hall–Kier alpha value is -1.05. The van der Waals surface area contributed by atoms with Crippen LogP contribution in [0.2, 0.25) is 0 Å². The van der Waals surface area contributed by atoms with Crippen molar-refractivity contribution in [3.63, 3.8) is 0 Å². The van der Waals surface area contributed by atoms with E-state index in [4.69, 9.17) is 4.74 Å². The van der Waals surface area contributed by atoms with Crippen LogP contribution in [0.3, 0.4) is 0 Å². The maximum absolute atomic E-state index is 11.5. The van der Waals surface area contributed by atoms with E-state index in [1.165, 1.54) is 0 Å². The van der Waals surface area contributed by atoms with E-state index in [0.717, 1.165) is 25.7 Å². The number of ketones is 1. The van der Waals surface area contributed by atoms with Gasteiger partial charge in [-0.05, 0) is 38.3 Å². The number of unbranched alkanes of at least 4 members (excludes halogenated alkanes) is 1. The van der Waals surface area contributed by atoms with Crippen molar-refractivity contribution in [1.82, 2.24) is 0 Å². The standard InChI is InChI=1S/C12H18O2/c1-3-4-5-8-11(13)12-9-6-7-10(2)14-12/h5,8-10H,3-4,6-7H2,1-2H3/b8-5+. The van der Waals surface area contributed by atoms with Gasteiger partial charge in [-0.25, -0.2) is 0 Å². The fourth-order valence-electron chi connectivity index (χ4n) is 1.37. The summed E-state index contributed by atoms with van der Waals surface area (Å²) in [6, 6.07) is 0. The molecule has 0 fully saturated rings. The first-order valence-corrected chi connectivity index (χ1v) is 5.31. The van der Waals surface area contributed by atoms with Gasteiger partial charge in [0.15, 0.2) is 5.76 Å². The minimum absolute atomic E-state index is 0.00463. The van der Waals surface area contributed by atoms with Crippen LogP contribution in [0.15, 0.2) is 24.0 Å². The molecule has 1 aliphatic rings. The van der Waals surface area contributed by atoms with E-state index >= 15 is 0 Å². The summed E-state index contributed by atoms with van der Waals surface area (Å²) >= 11 is 0. The van der Waals surface area contributed by atoms with Gasteiger partial charge in [0.2, 0.25) is 5.78 Å². The van der Waals surface area contributed by atoms with Crippen LogP contribution in [0.4, 0.5) is 0 Å². The maximum Gasteiger partial charge on any atom is 0.219 e. The fraction of sp³-hybridized carbons (Fsp3) is 0.583. The van der Waals surface area contributed by atoms with Crippen molar-refractivity contribution < 1.29 is 9.53 Å². The first-order chi connectivity index (χ1) is 6.74. The molecule has 14 heavy (non-hydrogen) atoms. The second-order valence-corrected chi connectivity index (χ2v) is 3.63. The Bertz CT molecular complexity index is 251. The van der Waals surface area contributed by atoms with Gasteiger partial charge in [-0.3, -0.25) is 4.79 Å². The number of hydrogen-bond acceptors (Lipinski definition) is 2. The number of ether oxygens (including phenoxy) is 1. The normalized spacial score (nSPS) is 21.9. The van der Waals surface area contributed by atoms with Gasteiger partial charge in [-0.15, -0.1) is 0 Å². The summed E-state index contributed by atoms with van der Waals surface area (Å²) in [5.41, 5.74) is 0. The summed E-state index contributed by atoms with van der Waals surface area (Å²) in [7, 11) is 0. The van der Waals surface area contributed by atoms with Crippen molar-refractivity contribution in [3.8, 4) is 0 Å². The zero-order valence-corrected chi connectivity index (χ0v) is 8.95. The van der Waals surface area contributed by atoms with Crippen LogP contribution in [0.5, 0.6) is 0 Å². The molecular weight excluding hydrogens is 176 g/mol. The highest BCUT2D eigenvalue weighted by atomic mass is 16.5. The topological polar surface area (TPSA) is 26.3 Å². The Kier molecular flexibility index (Phi) is 4.44. The van der Waals surface area contributed by atoms with Crippen LogP contribution in [0.1, 0.15) is 39.5 Å².